The molecule has 1 N–H and O–H groups in total. The average molecular weight is 405 g/mol. The van der Waals surface area contributed by atoms with E-state index in [4.69, 9.17) is 16.3 Å². The third-order valence-electron chi connectivity index (χ3n) is 3.65. The predicted octanol–water partition coefficient (Wildman–Crippen LogP) is 4.56. The van der Waals surface area contributed by atoms with Crippen LogP contribution in [0.3, 0.4) is 0 Å². The number of halogens is 2. The quantitative estimate of drug-likeness (QED) is 0.751. The largest absolute Gasteiger partial charge is 0.444 e. The van der Waals surface area contributed by atoms with E-state index < -0.39 is 5.60 Å². The Balaban J connectivity index is 1.79. The zero-order valence-corrected chi connectivity index (χ0v) is 16.1. The monoisotopic (exact) mass is 403 g/mol. The number of likely N-dealkylation sites (tertiary alicyclic amines) is 1. The van der Waals surface area contributed by atoms with Crippen molar-refractivity contribution in [3.63, 3.8) is 0 Å². The molecule has 1 saturated heterocycles. The van der Waals surface area contributed by atoms with Crippen molar-refractivity contribution < 1.29 is 9.53 Å². The number of nitrogens with one attached hydrogen (secondary N) is 1. The summed E-state index contributed by atoms with van der Waals surface area (Å²) < 4.78 is 6.30. The molecule has 1 aromatic heterocycles. The van der Waals surface area contributed by atoms with E-state index in [0.29, 0.717) is 11.1 Å². The maximum atomic E-state index is 12.0. The third kappa shape index (κ3) is 5.84. The molecule has 1 fully saturated rings. The minimum absolute atomic E-state index is 0.219. The first-order chi connectivity index (χ1) is 10.7. The summed E-state index contributed by atoms with van der Waals surface area (Å²) in [6.07, 6.45) is 3.35. The van der Waals surface area contributed by atoms with Crippen LogP contribution in [0, 0.1) is 5.92 Å². The van der Waals surface area contributed by atoms with E-state index in [1.165, 1.54) is 0 Å². The zero-order valence-electron chi connectivity index (χ0n) is 13.7. The normalized spacial score (nSPS) is 16.3. The van der Waals surface area contributed by atoms with Crippen LogP contribution in [0.5, 0.6) is 0 Å². The highest BCUT2D eigenvalue weighted by Gasteiger charge is 2.26. The highest BCUT2D eigenvalue weighted by molar-refractivity contribution is 9.10. The SMILES string of the molecule is CC(C)(C)OC(=O)N1CCC(CNc2cc(Br)cnc2Cl)CC1. The Kier molecular flexibility index (Phi) is 6.14. The van der Waals surface area contributed by atoms with Crippen LogP contribution < -0.4 is 5.32 Å². The van der Waals surface area contributed by atoms with Gasteiger partial charge in [-0.2, -0.15) is 0 Å². The molecule has 128 valence electrons. The van der Waals surface area contributed by atoms with Crippen molar-refractivity contribution in [3.8, 4) is 0 Å². The fraction of sp³-hybridized carbons (Fsp3) is 0.625. The summed E-state index contributed by atoms with van der Waals surface area (Å²) in [5.74, 6) is 0.503. The lowest BCUT2D eigenvalue weighted by Crippen LogP contribution is -2.42. The first-order valence-corrected chi connectivity index (χ1v) is 8.94. The van der Waals surface area contributed by atoms with Crippen LogP contribution in [0.2, 0.25) is 5.15 Å². The lowest BCUT2D eigenvalue weighted by atomic mass is 9.97. The van der Waals surface area contributed by atoms with Gasteiger partial charge in [-0.3, -0.25) is 0 Å². The molecule has 0 radical (unpaired) electrons. The van der Waals surface area contributed by atoms with Gasteiger partial charge < -0.3 is 15.0 Å². The maximum absolute atomic E-state index is 12.0. The number of pyridine rings is 1. The lowest BCUT2D eigenvalue weighted by molar-refractivity contribution is 0.0188. The minimum atomic E-state index is -0.445. The minimum Gasteiger partial charge on any atom is -0.444 e. The van der Waals surface area contributed by atoms with Gasteiger partial charge in [-0.05, 0) is 61.5 Å². The van der Waals surface area contributed by atoms with Gasteiger partial charge in [0.25, 0.3) is 0 Å². The molecule has 7 heteroatoms. The molecule has 0 saturated carbocycles. The number of rotatable bonds is 3. The fourth-order valence-corrected chi connectivity index (χ4v) is 2.95. The van der Waals surface area contributed by atoms with Gasteiger partial charge in [-0.1, -0.05) is 11.6 Å². The molecule has 1 aliphatic heterocycles. The number of aromatic nitrogens is 1. The van der Waals surface area contributed by atoms with E-state index in [-0.39, 0.29) is 6.09 Å². The first-order valence-electron chi connectivity index (χ1n) is 7.77. The number of ether oxygens (including phenoxy) is 1. The summed E-state index contributed by atoms with van der Waals surface area (Å²) >= 11 is 9.47. The Morgan fingerprint density at radius 3 is 2.74 bits per heavy atom. The highest BCUT2D eigenvalue weighted by Crippen LogP contribution is 2.25. The smallest absolute Gasteiger partial charge is 0.410 e. The lowest BCUT2D eigenvalue weighted by Gasteiger charge is -2.33. The van der Waals surface area contributed by atoms with Crippen molar-refractivity contribution in [2.45, 2.75) is 39.2 Å². The number of anilines is 1. The molecule has 0 spiro atoms. The standard InChI is InChI=1S/C16H23BrClN3O2/c1-16(2,3)23-15(22)21-6-4-11(5-7-21)9-19-13-8-12(17)10-20-14(13)18/h8,10-11,19H,4-7,9H2,1-3H3. The molecule has 5 nitrogen and oxygen atoms in total. The van der Waals surface area contributed by atoms with Crippen molar-refractivity contribution >= 4 is 39.3 Å². The van der Waals surface area contributed by atoms with Crippen molar-refractivity contribution in [1.29, 1.82) is 0 Å². The van der Waals surface area contributed by atoms with E-state index >= 15 is 0 Å². The molecule has 0 aromatic carbocycles. The van der Waals surface area contributed by atoms with E-state index in [1.54, 1.807) is 11.1 Å². The van der Waals surface area contributed by atoms with Crippen molar-refractivity contribution in [1.82, 2.24) is 9.88 Å². The summed E-state index contributed by atoms with van der Waals surface area (Å²) in [7, 11) is 0. The van der Waals surface area contributed by atoms with E-state index in [0.717, 1.165) is 42.6 Å². The molecule has 0 unspecified atom stereocenters. The summed E-state index contributed by atoms with van der Waals surface area (Å²) in [4.78, 5) is 17.9. The number of nitrogens with zero attached hydrogens (tertiary/aromatic N) is 2. The van der Waals surface area contributed by atoms with Gasteiger partial charge in [0.1, 0.15) is 5.60 Å². The Morgan fingerprint density at radius 1 is 1.48 bits per heavy atom. The fourth-order valence-electron chi connectivity index (χ4n) is 2.45. The van der Waals surface area contributed by atoms with E-state index in [9.17, 15) is 4.79 Å². The molecule has 0 aliphatic carbocycles. The second-order valence-electron chi connectivity index (χ2n) is 6.78. The van der Waals surface area contributed by atoms with Crippen LogP contribution in [0.1, 0.15) is 33.6 Å². The van der Waals surface area contributed by atoms with E-state index in [1.807, 2.05) is 26.8 Å². The first kappa shape index (κ1) is 18.3. The second kappa shape index (κ2) is 7.71. The highest BCUT2D eigenvalue weighted by atomic mass is 79.9. The van der Waals surface area contributed by atoms with Crippen LogP contribution in [-0.2, 0) is 4.74 Å². The topological polar surface area (TPSA) is 54.5 Å². The summed E-state index contributed by atoms with van der Waals surface area (Å²) in [6.45, 7) is 7.93. The van der Waals surface area contributed by atoms with Crippen LogP contribution >= 0.6 is 27.5 Å². The zero-order chi connectivity index (χ0) is 17.0. The number of piperidine rings is 1. The molecule has 2 heterocycles. The summed E-state index contributed by atoms with van der Waals surface area (Å²) in [5.41, 5.74) is 0.385. The molecule has 0 atom stereocenters. The average Bonchev–Trinajstić information content (AvgIpc) is 2.47. The van der Waals surface area contributed by atoms with Gasteiger partial charge in [-0.15, -0.1) is 0 Å². The molecule has 1 aromatic rings. The van der Waals surface area contributed by atoms with Gasteiger partial charge >= 0.3 is 6.09 Å². The summed E-state index contributed by atoms with van der Waals surface area (Å²) in [5, 5.41) is 3.82. The molecule has 23 heavy (non-hydrogen) atoms. The number of amides is 1. The molecular weight excluding hydrogens is 382 g/mol. The van der Waals surface area contributed by atoms with Crippen LogP contribution in [0.4, 0.5) is 10.5 Å². The molecule has 1 aliphatic rings. The maximum Gasteiger partial charge on any atom is 0.410 e. The van der Waals surface area contributed by atoms with Crippen molar-refractivity contribution in [2.24, 2.45) is 5.92 Å². The Hall–Kier alpha value is -1.01. The van der Waals surface area contributed by atoms with Crippen LogP contribution in [0.25, 0.3) is 0 Å². The predicted molar refractivity (Wildman–Crippen MR) is 96.0 cm³/mol. The molecule has 1 amide bonds. The van der Waals surface area contributed by atoms with Crippen LogP contribution in [-0.4, -0.2) is 41.2 Å². The number of hydrogen-bond acceptors (Lipinski definition) is 4. The van der Waals surface area contributed by atoms with Gasteiger partial charge in [0.05, 0.1) is 5.69 Å². The number of carbonyl (C=O) groups is 1. The number of carbonyl (C=O) groups excluding carboxylic acids is 1. The van der Waals surface area contributed by atoms with Gasteiger partial charge in [0.15, 0.2) is 5.15 Å². The Bertz CT molecular complexity index is 555. The van der Waals surface area contributed by atoms with Crippen molar-refractivity contribution in [3.05, 3.63) is 21.9 Å². The Labute approximate surface area is 150 Å². The van der Waals surface area contributed by atoms with Crippen molar-refractivity contribution in [2.75, 3.05) is 25.0 Å². The van der Waals surface area contributed by atoms with E-state index in [2.05, 4.69) is 26.2 Å². The van der Waals surface area contributed by atoms with Gasteiger partial charge in [0.2, 0.25) is 0 Å². The molecular formula is C16H23BrClN3O2. The molecule has 0 bridgehead atoms. The van der Waals surface area contributed by atoms with Crippen LogP contribution in [0.15, 0.2) is 16.7 Å². The second-order valence-corrected chi connectivity index (χ2v) is 8.06. The van der Waals surface area contributed by atoms with Gasteiger partial charge in [0, 0.05) is 30.3 Å². The molecule has 2 rings (SSSR count). The third-order valence-corrected chi connectivity index (χ3v) is 4.39. The Morgan fingerprint density at radius 2 is 2.13 bits per heavy atom. The van der Waals surface area contributed by atoms with Gasteiger partial charge in [-0.25, -0.2) is 9.78 Å². The summed E-state index contributed by atoms with van der Waals surface area (Å²) in [6, 6.07) is 1.92. The number of hydrogen-bond donors (Lipinski definition) is 1.